The van der Waals surface area contributed by atoms with Gasteiger partial charge in [0.1, 0.15) is 11.5 Å². The standard InChI is InChI=1S/2C11H8O3.Zn/c2*12-10-6-8-4-2-1-3-7(8)5-9(10)11(13)14;/h2*1-6,12H,(H,13,14);/q;;+2/p-2. The molecule has 0 aliphatic carbocycles. The summed E-state index contributed by atoms with van der Waals surface area (Å²) in [6.45, 7) is 0. The van der Waals surface area contributed by atoms with Crippen LogP contribution in [0.15, 0.2) is 72.8 Å². The van der Waals surface area contributed by atoms with E-state index >= 15 is 0 Å². The van der Waals surface area contributed by atoms with E-state index in [0.717, 1.165) is 21.5 Å². The van der Waals surface area contributed by atoms with Crippen molar-refractivity contribution in [2.75, 3.05) is 0 Å². The first-order chi connectivity index (χ1) is 13.4. The van der Waals surface area contributed by atoms with Crippen LogP contribution in [0.1, 0.15) is 20.7 Å². The molecule has 0 atom stereocenters. The molecule has 0 amide bonds. The predicted octanol–water partition coefficient (Wildman–Crippen LogP) is 1.82. The van der Waals surface area contributed by atoms with Crippen molar-refractivity contribution in [2.45, 2.75) is 0 Å². The fourth-order valence-electron chi connectivity index (χ4n) is 2.78. The minimum absolute atomic E-state index is 0. The molecule has 0 unspecified atom stereocenters. The zero-order chi connectivity index (χ0) is 20.3. The molecule has 0 saturated heterocycles. The smallest absolute Gasteiger partial charge is 0.545 e. The molecular weight excluding hydrogens is 426 g/mol. The Balaban J connectivity index is 0.000000200. The Morgan fingerprint density at radius 1 is 0.586 bits per heavy atom. The normalized spacial score (nSPS) is 9.93. The second-order valence-electron chi connectivity index (χ2n) is 6.01. The Morgan fingerprint density at radius 2 is 0.862 bits per heavy atom. The molecule has 0 radical (unpaired) electrons. The third kappa shape index (κ3) is 4.89. The SMILES string of the molecule is O=C([O-])c1cc2ccccc2cc1O.O=C([O-])c1cc2ccccc2cc1O.[Zn+2]. The van der Waals surface area contributed by atoms with Crippen LogP contribution in [-0.2, 0) is 19.5 Å². The van der Waals surface area contributed by atoms with E-state index in [9.17, 15) is 30.0 Å². The maximum absolute atomic E-state index is 10.6. The largest absolute Gasteiger partial charge is 2.00 e. The van der Waals surface area contributed by atoms with Gasteiger partial charge in [-0.2, -0.15) is 0 Å². The van der Waals surface area contributed by atoms with Crippen LogP contribution in [0.3, 0.4) is 0 Å². The van der Waals surface area contributed by atoms with Gasteiger partial charge in [0.05, 0.1) is 11.9 Å². The van der Waals surface area contributed by atoms with Gasteiger partial charge in [-0.15, -0.1) is 0 Å². The summed E-state index contributed by atoms with van der Waals surface area (Å²) in [5, 5.41) is 43.0. The van der Waals surface area contributed by atoms with E-state index in [2.05, 4.69) is 0 Å². The average molecular weight is 440 g/mol. The molecule has 6 nitrogen and oxygen atoms in total. The minimum atomic E-state index is -1.37. The van der Waals surface area contributed by atoms with E-state index in [0.29, 0.717) is 0 Å². The Morgan fingerprint density at radius 3 is 1.14 bits per heavy atom. The molecule has 2 N–H and O–H groups in total. The summed E-state index contributed by atoms with van der Waals surface area (Å²) in [5.41, 5.74) is -0.354. The fraction of sp³-hybridized carbons (Fsp3) is 0. The van der Waals surface area contributed by atoms with E-state index in [-0.39, 0.29) is 42.1 Å². The van der Waals surface area contributed by atoms with E-state index in [1.807, 2.05) is 12.1 Å². The van der Waals surface area contributed by atoms with Gasteiger partial charge < -0.3 is 30.0 Å². The monoisotopic (exact) mass is 438 g/mol. The number of carbonyl (C=O) groups is 2. The first kappa shape index (κ1) is 21.9. The molecule has 4 rings (SSSR count). The number of hydrogen-bond acceptors (Lipinski definition) is 6. The zero-order valence-electron chi connectivity index (χ0n) is 15.2. The van der Waals surface area contributed by atoms with Gasteiger partial charge in [-0.05, 0) is 45.8 Å². The maximum Gasteiger partial charge on any atom is 2.00 e. The topological polar surface area (TPSA) is 121 Å². The van der Waals surface area contributed by atoms with Gasteiger partial charge in [0.25, 0.3) is 0 Å². The van der Waals surface area contributed by atoms with Gasteiger partial charge in [0.2, 0.25) is 0 Å². The van der Waals surface area contributed by atoms with Gasteiger partial charge >= 0.3 is 19.5 Å². The third-order valence-corrected chi connectivity index (χ3v) is 4.17. The summed E-state index contributed by atoms with van der Waals surface area (Å²) in [4.78, 5) is 21.2. The van der Waals surface area contributed by atoms with Crippen LogP contribution in [-0.4, -0.2) is 22.2 Å². The Hall–Kier alpha value is -3.44. The van der Waals surface area contributed by atoms with Crippen LogP contribution in [0.2, 0.25) is 0 Å². The molecule has 0 fully saturated rings. The Kier molecular flexibility index (Phi) is 6.91. The molecule has 0 aromatic heterocycles. The van der Waals surface area contributed by atoms with E-state index in [4.69, 9.17) is 0 Å². The van der Waals surface area contributed by atoms with E-state index in [1.54, 1.807) is 36.4 Å². The van der Waals surface area contributed by atoms with Crippen LogP contribution in [0, 0.1) is 0 Å². The summed E-state index contributed by atoms with van der Waals surface area (Å²) in [6, 6.07) is 20.0. The van der Waals surface area contributed by atoms with E-state index in [1.165, 1.54) is 24.3 Å². The zero-order valence-corrected chi connectivity index (χ0v) is 18.1. The van der Waals surface area contributed by atoms with Crippen molar-refractivity contribution >= 4 is 33.5 Å². The van der Waals surface area contributed by atoms with Crippen molar-refractivity contribution in [3.8, 4) is 11.5 Å². The number of aromatic hydroxyl groups is 2. The average Bonchev–Trinajstić information content (AvgIpc) is 2.67. The first-order valence-electron chi connectivity index (χ1n) is 8.23. The molecule has 0 spiro atoms. The first-order valence-corrected chi connectivity index (χ1v) is 8.23. The summed E-state index contributed by atoms with van der Waals surface area (Å²) in [5.74, 6) is -3.26. The van der Waals surface area contributed by atoms with Gasteiger partial charge in [-0.25, -0.2) is 0 Å². The van der Waals surface area contributed by atoms with E-state index < -0.39 is 11.9 Å². The van der Waals surface area contributed by atoms with Crippen LogP contribution in [0.4, 0.5) is 0 Å². The number of carboxylic acid groups (broad SMARTS) is 2. The summed E-state index contributed by atoms with van der Waals surface area (Å²) >= 11 is 0. The second-order valence-corrected chi connectivity index (χ2v) is 6.01. The van der Waals surface area contributed by atoms with Crippen LogP contribution >= 0.6 is 0 Å². The van der Waals surface area contributed by atoms with Gasteiger partial charge in [0.15, 0.2) is 0 Å². The van der Waals surface area contributed by atoms with Gasteiger partial charge in [0, 0.05) is 11.1 Å². The molecule has 140 valence electrons. The predicted molar refractivity (Wildman–Crippen MR) is 99.9 cm³/mol. The number of benzene rings is 4. The summed E-state index contributed by atoms with van der Waals surface area (Å²) in [7, 11) is 0. The Bertz CT molecular complexity index is 1110. The minimum Gasteiger partial charge on any atom is -0.545 e. The number of hydrogen-bond donors (Lipinski definition) is 2. The molecule has 4 aromatic rings. The van der Waals surface area contributed by atoms with Crippen LogP contribution in [0.25, 0.3) is 21.5 Å². The van der Waals surface area contributed by atoms with Crippen molar-refractivity contribution in [1.82, 2.24) is 0 Å². The van der Waals surface area contributed by atoms with Crippen molar-refractivity contribution in [3.05, 3.63) is 83.9 Å². The van der Waals surface area contributed by atoms with Gasteiger partial charge in [-0.3, -0.25) is 0 Å². The molecule has 0 bridgehead atoms. The number of phenols is 2. The van der Waals surface area contributed by atoms with Gasteiger partial charge in [-0.1, -0.05) is 48.5 Å². The molecule has 0 aliphatic heterocycles. The number of fused-ring (bicyclic) bond motifs is 2. The van der Waals surface area contributed by atoms with Crippen molar-refractivity contribution < 1.29 is 49.5 Å². The summed E-state index contributed by atoms with van der Waals surface area (Å²) < 4.78 is 0. The molecule has 0 aliphatic rings. The fourth-order valence-corrected chi connectivity index (χ4v) is 2.78. The molecule has 0 saturated carbocycles. The number of aromatic carboxylic acids is 2. The van der Waals surface area contributed by atoms with Crippen molar-refractivity contribution in [2.24, 2.45) is 0 Å². The number of rotatable bonds is 2. The molecule has 0 heterocycles. The molecular formula is C22H14O6Zn. The Labute approximate surface area is 178 Å². The summed E-state index contributed by atoms with van der Waals surface area (Å²) in [6.07, 6.45) is 0. The van der Waals surface area contributed by atoms with Crippen LogP contribution < -0.4 is 10.2 Å². The van der Waals surface area contributed by atoms with Crippen molar-refractivity contribution in [1.29, 1.82) is 0 Å². The number of carbonyl (C=O) groups excluding carboxylic acids is 2. The number of carboxylic acids is 2. The molecule has 4 aromatic carbocycles. The second kappa shape index (κ2) is 9.17. The quantitative estimate of drug-likeness (QED) is 0.460. The molecule has 29 heavy (non-hydrogen) atoms. The van der Waals surface area contributed by atoms with Crippen molar-refractivity contribution in [3.63, 3.8) is 0 Å². The maximum atomic E-state index is 10.6. The third-order valence-electron chi connectivity index (χ3n) is 4.17. The molecule has 7 heteroatoms. The van der Waals surface area contributed by atoms with Crippen LogP contribution in [0.5, 0.6) is 11.5 Å².